The van der Waals surface area contributed by atoms with Crippen molar-refractivity contribution in [3.05, 3.63) is 83.1 Å². The minimum absolute atomic E-state index is 0.181. The monoisotopic (exact) mass is 394 g/mol. The Bertz CT molecular complexity index is 1110. The van der Waals surface area contributed by atoms with E-state index in [0.29, 0.717) is 15.7 Å². The van der Waals surface area contributed by atoms with Gasteiger partial charge in [0.15, 0.2) is 0 Å². The molecule has 0 saturated heterocycles. The molecule has 0 aliphatic rings. The van der Waals surface area contributed by atoms with E-state index in [1.54, 1.807) is 23.3 Å². The first-order chi connectivity index (χ1) is 13.2. The standard InChI is InChI=1S/C20H15ClN4OS/c21-16-8-5-14(6-9-16)12-27-20-24-22-13-25(20)23-11-18-17-4-2-1-3-15(17)7-10-19(18)26/h1-11,13,26H,12H2/b23-11-. The number of hydrogen-bond acceptors (Lipinski definition) is 5. The SMILES string of the molecule is Oc1ccc2ccccc2c1/C=N\n1cnnc1SCc1ccc(Cl)cc1. The van der Waals surface area contributed by atoms with Gasteiger partial charge in [0, 0.05) is 16.3 Å². The summed E-state index contributed by atoms with van der Waals surface area (Å²) in [6.07, 6.45) is 3.18. The summed E-state index contributed by atoms with van der Waals surface area (Å²) < 4.78 is 1.60. The summed E-state index contributed by atoms with van der Waals surface area (Å²) in [4.78, 5) is 0. The van der Waals surface area contributed by atoms with Crippen molar-refractivity contribution in [3.8, 4) is 5.75 Å². The zero-order valence-corrected chi connectivity index (χ0v) is 15.7. The number of rotatable bonds is 5. The summed E-state index contributed by atoms with van der Waals surface area (Å²) in [5.41, 5.74) is 1.80. The van der Waals surface area contributed by atoms with Crippen molar-refractivity contribution in [3.63, 3.8) is 0 Å². The van der Waals surface area contributed by atoms with Crippen molar-refractivity contribution >= 4 is 40.3 Å². The molecule has 0 saturated carbocycles. The van der Waals surface area contributed by atoms with E-state index in [9.17, 15) is 5.11 Å². The third-order valence-electron chi connectivity index (χ3n) is 4.04. The van der Waals surface area contributed by atoms with Gasteiger partial charge in [-0.05, 0) is 34.5 Å². The molecule has 0 unspecified atom stereocenters. The van der Waals surface area contributed by atoms with Gasteiger partial charge in [0.2, 0.25) is 5.16 Å². The number of benzene rings is 3. The van der Waals surface area contributed by atoms with Crippen molar-refractivity contribution < 1.29 is 5.11 Å². The number of phenols is 1. The fourth-order valence-electron chi connectivity index (χ4n) is 2.66. The van der Waals surface area contributed by atoms with Crippen LogP contribution in [0.25, 0.3) is 10.8 Å². The second-order valence-corrected chi connectivity index (χ2v) is 7.22. The normalized spacial score (nSPS) is 11.4. The maximum Gasteiger partial charge on any atom is 0.212 e. The van der Waals surface area contributed by atoms with Crippen LogP contribution in [0.15, 0.2) is 77.2 Å². The third-order valence-corrected chi connectivity index (χ3v) is 5.30. The summed E-state index contributed by atoms with van der Waals surface area (Å²) in [6, 6.07) is 19.1. The van der Waals surface area contributed by atoms with Gasteiger partial charge in [-0.3, -0.25) is 0 Å². The number of phenolic OH excluding ortho intramolecular Hbond substituents is 1. The molecule has 0 aliphatic carbocycles. The Morgan fingerprint density at radius 3 is 2.74 bits per heavy atom. The van der Waals surface area contributed by atoms with Gasteiger partial charge in [0.05, 0.1) is 6.21 Å². The minimum Gasteiger partial charge on any atom is -0.507 e. The van der Waals surface area contributed by atoms with Gasteiger partial charge in [0.25, 0.3) is 0 Å². The lowest BCUT2D eigenvalue weighted by atomic mass is 10.0. The fourth-order valence-corrected chi connectivity index (χ4v) is 3.61. The van der Waals surface area contributed by atoms with Crippen molar-refractivity contribution in [2.45, 2.75) is 10.9 Å². The van der Waals surface area contributed by atoms with Gasteiger partial charge in [-0.1, -0.05) is 65.8 Å². The van der Waals surface area contributed by atoms with Crippen LogP contribution in [-0.4, -0.2) is 26.2 Å². The predicted octanol–water partition coefficient (Wildman–Crippen LogP) is 4.96. The van der Waals surface area contributed by atoms with Crippen LogP contribution in [0.4, 0.5) is 0 Å². The van der Waals surface area contributed by atoms with E-state index in [0.717, 1.165) is 22.1 Å². The minimum atomic E-state index is 0.181. The highest BCUT2D eigenvalue weighted by Gasteiger charge is 2.07. The van der Waals surface area contributed by atoms with Crippen LogP contribution >= 0.6 is 23.4 Å². The van der Waals surface area contributed by atoms with Gasteiger partial charge < -0.3 is 5.11 Å². The third kappa shape index (κ3) is 3.97. The average Bonchev–Trinajstić information content (AvgIpc) is 3.14. The molecular weight excluding hydrogens is 380 g/mol. The Kier molecular flexibility index (Phi) is 5.09. The molecule has 0 atom stereocenters. The number of nitrogens with zero attached hydrogens (tertiary/aromatic N) is 4. The first-order valence-corrected chi connectivity index (χ1v) is 9.59. The smallest absolute Gasteiger partial charge is 0.212 e. The topological polar surface area (TPSA) is 63.3 Å². The van der Waals surface area contributed by atoms with E-state index in [4.69, 9.17) is 11.6 Å². The Morgan fingerprint density at radius 1 is 1.07 bits per heavy atom. The predicted molar refractivity (Wildman–Crippen MR) is 110 cm³/mol. The van der Waals surface area contributed by atoms with Crippen LogP contribution in [0.1, 0.15) is 11.1 Å². The summed E-state index contributed by atoms with van der Waals surface area (Å²) in [7, 11) is 0. The summed E-state index contributed by atoms with van der Waals surface area (Å²) in [5, 5.41) is 26.1. The zero-order valence-electron chi connectivity index (χ0n) is 14.2. The molecule has 0 fully saturated rings. The molecule has 5 nitrogen and oxygen atoms in total. The highest BCUT2D eigenvalue weighted by atomic mass is 35.5. The fraction of sp³-hybridized carbons (Fsp3) is 0.0500. The largest absolute Gasteiger partial charge is 0.507 e. The number of halogens is 1. The maximum atomic E-state index is 10.2. The molecule has 0 bridgehead atoms. The molecule has 134 valence electrons. The van der Waals surface area contributed by atoms with E-state index >= 15 is 0 Å². The quantitative estimate of drug-likeness (QED) is 0.383. The first-order valence-electron chi connectivity index (χ1n) is 8.23. The number of aromatic nitrogens is 3. The lowest BCUT2D eigenvalue weighted by Crippen LogP contribution is -1.94. The molecule has 0 spiro atoms. The zero-order chi connectivity index (χ0) is 18.6. The Labute approximate surface area is 165 Å². The molecule has 27 heavy (non-hydrogen) atoms. The molecular formula is C20H15ClN4OS. The number of hydrogen-bond donors (Lipinski definition) is 1. The van der Waals surface area contributed by atoms with Crippen molar-refractivity contribution in [2.24, 2.45) is 5.10 Å². The lowest BCUT2D eigenvalue weighted by molar-refractivity contribution is 0.475. The average molecular weight is 395 g/mol. The van der Waals surface area contributed by atoms with Crippen molar-refractivity contribution in [2.75, 3.05) is 0 Å². The molecule has 3 aromatic carbocycles. The van der Waals surface area contributed by atoms with Crippen LogP contribution < -0.4 is 0 Å². The van der Waals surface area contributed by atoms with Gasteiger partial charge in [-0.15, -0.1) is 10.2 Å². The molecule has 4 rings (SSSR count). The van der Waals surface area contributed by atoms with Crippen LogP contribution in [0.2, 0.25) is 5.02 Å². The van der Waals surface area contributed by atoms with Crippen LogP contribution in [0.3, 0.4) is 0 Å². The van der Waals surface area contributed by atoms with Gasteiger partial charge in [0.1, 0.15) is 12.1 Å². The van der Waals surface area contributed by atoms with Crippen LogP contribution in [0.5, 0.6) is 5.75 Å². The maximum absolute atomic E-state index is 10.2. The van der Waals surface area contributed by atoms with Crippen molar-refractivity contribution in [1.29, 1.82) is 0 Å². The Hall–Kier alpha value is -2.83. The highest BCUT2D eigenvalue weighted by molar-refractivity contribution is 7.98. The molecule has 1 N–H and O–H groups in total. The molecule has 1 heterocycles. The summed E-state index contributed by atoms with van der Waals surface area (Å²) in [6.45, 7) is 0. The highest BCUT2D eigenvalue weighted by Crippen LogP contribution is 2.26. The van der Waals surface area contributed by atoms with Gasteiger partial charge >= 0.3 is 0 Å². The molecule has 4 aromatic rings. The number of thioether (sulfide) groups is 1. The Morgan fingerprint density at radius 2 is 1.89 bits per heavy atom. The number of aromatic hydroxyl groups is 1. The lowest BCUT2D eigenvalue weighted by Gasteiger charge is -2.05. The van der Waals surface area contributed by atoms with Crippen LogP contribution in [0, 0.1) is 0 Å². The molecule has 0 aliphatic heterocycles. The van der Waals surface area contributed by atoms with E-state index in [1.165, 1.54) is 11.8 Å². The van der Waals surface area contributed by atoms with Gasteiger partial charge in [-0.25, -0.2) is 0 Å². The van der Waals surface area contributed by atoms with E-state index in [-0.39, 0.29) is 5.75 Å². The molecule has 1 aromatic heterocycles. The first kappa shape index (κ1) is 17.6. The molecule has 7 heteroatoms. The second kappa shape index (κ2) is 7.82. The molecule has 0 amide bonds. The van der Waals surface area contributed by atoms with E-state index in [1.807, 2.05) is 54.6 Å². The summed E-state index contributed by atoms with van der Waals surface area (Å²) >= 11 is 7.44. The Balaban J connectivity index is 1.57. The van der Waals surface area contributed by atoms with E-state index in [2.05, 4.69) is 15.3 Å². The summed E-state index contributed by atoms with van der Waals surface area (Å²) in [5.74, 6) is 0.908. The molecule has 0 radical (unpaired) electrons. The van der Waals surface area contributed by atoms with Crippen LogP contribution in [-0.2, 0) is 5.75 Å². The van der Waals surface area contributed by atoms with Crippen molar-refractivity contribution in [1.82, 2.24) is 14.9 Å². The van der Waals surface area contributed by atoms with E-state index < -0.39 is 0 Å². The second-order valence-electron chi connectivity index (χ2n) is 5.84. The number of fused-ring (bicyclic) bond motifs is 1. The van der Waals surface area contributed by atoms with Gasteiger partial charge in [-0.2, -0.15) is 9.78 Å².